The van der Waals surface area contributed by atoms with Crippen molar-refractivity contribution < 1.29 is 13.9 Å². The molecule has 0 unspecified atom stereocenters. The van der Waals surface area contributed by atoms with Gasteiger partial charge in [0.15, 0.2) is 6.10 Å². The van der Waals surface area contributed by atoms with Crippen LogP contribution in [0.25, 0.3) is 21.9 Å². The Morgan fingerprint density at radius 2 is 1.88 bits per heavy atom. The summed E-state index contributed by atoms with van der Waals surface area (Å²) in [5.74, 6) is 0.375. The molecule has 0 saturated heterocycles. The van der Waals surface area contributed by atoms with E-state index >= 15 is 0 Å². The summed E-state index contributed by atoms with van der Waals surface area (Å²) in [6.45, 7) is 3.60. The Labute approximate surface area is 149 Å². The normalized spacial score (nSPS) is 12.4. The zero-order valence-electron chi connectivity index (χ0n) is 14.4. The number of ether oxygens (including phenoxy) is 1. The molecule has 0 fully saturated rings. The number of hydrogen-bond donors (Lipinski definition) is 1. The van der Waals surface area contributed by atoms with E-state index in [9.17, 15) is 9.59 Å². The van der Waals surface area contributed by atoms with Gasteiger partial charge in [0.05, 0.1) is 0 Å². The number of benzene rings is 2. The van der Waals surface area contributed by atoms with E-state index in [4.69, 9.17) is 9.15 Å². The number of H-pyrrole nitrogens is 1. The lowest BCUT2D eigenvalue weighted by atomic mass is 10.0. The first-order chi connectivity index (χ1) is 12.5. The van der Waals surface area contributed by atoms with Gasteiger partial charge in [0.1, 0.15) is 11.3 Å². The molecule has 4 aromatic rings. The van der Waals surface area contributed by atoms with Crippen molar-refractivity contribution in [3.63, 3.8) is 0 Å². The molecule has 0 aliphatic heterocycles. The first-order valence-electron chi connectivity index (χ1n) is 8.35. The second kappa shape index (κ2) is 6.19. The molecule has 1 atom stereocenters. The lowest BCUT2D eigenvalue weighted by Gasteiger charge is -2.14. The molecule has 5 nitrogen and oxygen atoms in total. The van der Waals surface area contributed by atoms with Crippen LogP contribution in [0.4, 0.5) is 0 Å². The summed E-state index contributed by atoms with van der Waals surface area (Å²) >= 11 is 0. The first kappa shape index (κ1) is 16.1. The first-order valence-corrected chi connectivity index (χ1v) is 8.35. The number of fused-ring (bicyclic) bond motifs is 2. The van der Waals surface area contributed by atoms with Crippen LogP contribution < -0.4 is 10.4 Å². The van der Waals surface area contributed by atoms with Gasteiger partial charge in [-0.05, 0) is 38.1 Å². The topological polar surface area (TPSA) is 72.3 Å². The lowest BCUT2D eigenvalue weighted by Crippen LogP contribution is -2.24. The van der Waals surface area contributed by atoms with E-state index in [1.54, 1.807) is 31.2 Å². The standard InChI is InChI=1S/C21H17NO4/c1-12-20(16-5-3-4-6-17(16)22-12)21(24)13(2)25-15-9-7-14-8-10-19(23)26-18(14)11-15/h3-11,13,22H,1-2H3/t13-/m1/s1. The maximum atomic E-state index is 12.9. The van der Waals surface area contributed by atoms with Gasteiger partial charge >= 0.3 is 5.63 Å². The highest BCUT2D eigenvalue weighted by atomic mass is 16.5. The Morgan fingerprint density at radius 3 is 2.73 bits per heavy atom. The fourth-order valence-corrected chi connectivity index (χ4v) is 3.17. The Morgan fingerprint density at radius 1 is 1.12 bits per heavy atom. The van der Waals surface area contributed by atoms with Crippen LogP contribution in [0.15, 0.2) is 63.8 Å². The van der Waals surface area contributed by atoms with Crippen molar-refractivity contribution in [2.24, 2.45) is 0 Å². The number of hydrogen-bond acceptors (Lipinski definition) is 4. The average molecular weight is 347 g/mol. The highest BCUT2D eigenvalue weighted by molar-refractivity contribution is 6.11. The molecule has 0 aliphatic carbocycles. The third-order valence-electron chi connectivity index (χ3n) is 4.42. The summed E-state index contributed by atoms with van der Waals surface area (Å²) in [6, 6.07) is 15.9. The summed E-state index contributed by atoms with van der Waals surface area (Å²) in [5.41, 5.74) is 2.38. The number of carbonyl (C=O) groups is 1. The highest BCUT2D eigenvalue weighted by Crippen LogP contribution is 2.25. The number of nitrogens with one attached hydrogen (secondary N) is 1. The third-order valence-corrected chi connectivity index (χ3v) is 4.42. The van der Waals surface area contributed by atoms with E-state index in [0.29, 0.717) is 16.9 Å². The molecule has 0 saturated carbocycles. The predicted molar refractivity (Wildman–Crippen MR) is 99.9 cm³/mol. The largest absolute Gasteiger partial charge is 0.482 e. The second-order valence-corrected chi connectivity index (χ2v) is 6.25. The van der Waals surface area contributed by atoms with Gasteiger partial charge in [0.2, 0.25) is 5.78 Å². The SMILES string of the molecule is Cc1[nH]c2ccccc2c1C(=O)[C@@H](C)Oc1ccc2ccc(=O)oc2c1. The molecule has 1 N–H and O–H groups in total. The van der Waals surface area contributed by atoms with Crippen molar-refractivity contribution in [3.8, 4) is 5.75 Å². The fourth-order valence-electron chi connectivity index (χ4n) is 3.17. The van der Waals surface area contributed by atoms with Gasteiger partial charge < -0.3 is 14.1 Å². The van der Waals surface area contributed by atoms with Gasteiger partial charge in [-0.2, -0.15) is 0 Å². The van der Waals surface area contributed by atoms with Crippen LogP contribution in [0, 0.1) is 6.92 Å². The summed E-state index contributed by atoms with van der Waals surface area (Å²) in [7, 11) is 0. The molecule has 0 spiro atoms. The van der Waals surface area contributed by atoms with E-state index in [1.807, 2.05) is 31.2 Å². The van der Waals surface area contributed by atoms with Crippen molar-refractivity contribution in [2.75, 3.05) is 0 Å². The van der Waals surface area contributed by atoms with E-state index in [-0.39, 0.29) is 5.78 Å². The second-order valence-electron chi connectivity index (χ2n) is 6.25. The quantitative estimate of drug-likeness (QED) is 0.443. The number of aromatic nitrogens is 1. The van der Waals surface area contributed by atoms with Gasteiger partial charge in [0, 0.05) is 39.7 Å². The molecule has 0 bridgehead atoms. The van der Waals surface area contributed by atoms with E-state index in [2.05, 4.69) is 4.98 Å². The predicted octanol–water partition coefficient (Wildman–Crippen LogP) is 4.23. The Kier molecular flexibility index (Phi) is 3.84. The molecular weight excluding hydrogens is 330 g/mol. The van der Waals surface area contributed by atoms with E-state index < -0.39 is 11.7 Å². The summed E-state index contributed by atoms with van der Waals surface area (Å²) in [4.78, 5) is 27.6. The summed E-state index contributed by atoms with van der Waals surface area (Å²) in [6.07, 6.45) is -0.680. The molecule has 26 heavy (non-hydrogen) atoms. The monoisotopic (exact) mass is 347 g/mol. The summed E-state index contributed by atoms with van der Waals surface area (Å²) in [5, 5.41) is 1.68. The molecule has 0 aliphatic rings. The van der Waals surface area contributed by atoms with Crippen molar-refractivity contribution in [1.29, 1.82) is 0 Å². The van der Waals surface area contributed by atoms with Crippen LogP contribution in [0.2, 0.25) is 0 Å². The van der Waals surface area contributed by atoms with Crippen molar-refractivity contribution in [1.82, 2.24) is 4.98 Å². The zero-order valence-corrected chi connectivity index (χ0v) is 14.4. The van der Waals surface area contributed by atoms with Crippen LogP contribution in [0.3, 0.4) is 0 Å². The fraction of sp³-hybridized carbons (Fsp3) is 0.143. The summed E-state index contributed by atoms with van der Waals surface area (Å²) < 4.78 is 11.0. The van der Waals surface area contributed by atoms with Crippen molar-refractivity contribution >= 4 is 27.7 Å². The molecule has 0 radical (unpaired) electrons. The minimum Gasteiger partial charge on any atom is -0.482 e. The minimum atomic E-state index is -0.680. The Hall–Kier alpha value is -3.34. The lowest BCUT2D eigenvalue weighted by molar-refractivity contribution is 0.0819. The smallest absolute Gasteiger partial charge is 0.336 e. The molecule has 4 rings (SSSR count). The van der Waals surface area contributed by atoms with Crippen molar-refractivity contribution in [3.05, 3.63) is 76.3 Å². The van der Waals surface area contributed by atoms with Crippen LogP contribution in [-0.4, -0.2) is 16.9 Å². The van der Waals surface area contributed by atoms with Gasteiger partial charge in [-0.25, -0.2) is 4.79 Å². The number of aryl methyl sites for hydroxylation is 1. The van der Waals surface area contributed by atoms with E-state index in [0.717, 1.165) is 22.0 Å². The van der Waals surface area contributed by atoms with Gasteiger partial charge in [-0.1, -0.05) is 18.2 Å². The third kappa shape index (κ3) is 2.77. The molecule has 2 heterocycles. The van der Waals surface area contributed by atoms with Gasteiger partial charge in [0.25, 0.3) is 0 Å². The van der Waals surface area contributed by atoms with Crippen LogP contribution >= 0.6 is 0 Å². The zero-order chi connectivity index (χ0) is 18.3. The molecular formula is C21H17NO4. The number of carbonyl (C=O) groups excluding carboxylic acids is 1. The molecule has 2 aromatic heterocycles. The molecule has 2 aromatic carbocycles. The molecule has 5 heteroatoms. The number of aromatic amines is 1. The molecule has 130 valence electrons. The van der Waals surface area contributed by atoms with Gasteiger partial charge in [-0.15, -0.1) is 0 Å². The van der Waals surface area contributed by atoms with Crippen molar-refractivity contribution in [2.45, 2.75) is 20.0 Å². The number of Topliss-reactive ketones (excluding diaryl/α,β-unsaturated/α-hetero) is 1. The van der Waals surface area contributed by atoms with Crippen LogP contribution in [0.1, 0.15) is 23.0 Å². The van der Waals surface area contributed by atoms with E-state index in [1.165, 1.54) is 6.07 Å². The van der Waals surface area contributed by atoms with Crippen LogP contribution in [-0.2, 0) is 0 Å². The van der Waals surface area contributed by atoms with Gasteiger partial charge in [-0.3, -0.25) is 4.79 Å². The Balaban J connectivity index is 1.65. The Bertz CT molecular complexity index is 1190. The number of rotatable bonds is 4. The average Bonchev–Trinajstić information content (AvgIpc) is 2.96. The van der Waals surface area contributed by atoms with Crippen LogP contribution in [0.5, 0.6) is 5.75 Å². The highest BCUT2D eigenvalue weighted by Gasteiger charge is 2.23. The minimum absolute atomic E-state index is 0.102. The number of para-hydroxylation sites is 1. The molecule has 0 amide bonds. The maximum Gasteiger partial charge on any atom is 0.336 e. The maximum absolute atomic E-state index is 12.9. The number of ketones is 1.